The molecule has 0 fully saturated rings. The minimum Gasteiger partial charge on any atom is -0.478 e. The molecule has 0 bridgehead atoms. The number of furan rings is 1. The van der Waals surface area contributed by atoms with Crippen LogP contribution in [-0.2, 0) is 6.18 Å². The molecule has 2 heterocycles. The maximum absolute atomic E-state index is 13.0. The number of alkyl halides is 3. The number of hydrogen-bond donors (Lipinski definition) is 1. The van der Waals surface area contributed by atoms with E-state index in [1.54, 1.807) is 18.2 Å². The van der Waals surface area contributed by atoms with Crippen LogP contribution in [0, 0.1) is 0 Å². The van der Waals surface area contributed by atoms with Gasteiger partial charge >= 0.3 is 12.1 Å². The normalized spacial score (nSPS) is 12.0. The monoisotopic (exact) mass is 435 g/mol. The number of hydrogen-bond acceptors (Lipinski definition) is 3. The molecule has 0 aliphatic carbocycles. The Hall–Kier alpha value is -2.87. The summed E-state index contributed by atoms with van der Waals surface area (Å²) in [4.78, 5) is 15.9. The van der Waals surface area contributed by atoms with E-state index in [1.165, 1.54) is 6.07 Å². The summed E-state index contributed by atoms with van der Waals surface area (Å²) in [5, 5.41) is 10.2. The second-order valence-corrected chi connectivity index (χ2v) is 6.80. The summed E-state index contributed by atoms with van der Waals surface area (Å²) in [6.45, 7) is 0. The van der Waals surface area contributed by atoms with E-state index in [-0.39, 0.29) is 22.2 Å². The first kappa shape index (κ1) is 17.5. The van der Waals surface area contributed by atoms with Crippen molar-refractivity contribution in [1.82, 2.24) is 4.98 Å². The van der Waals surface area contributed by atoms with Crippen LogP contribution in [0.5, 0.6) is 0 Å². The standard InChI is InChI=1S/C19H9BrF3NO3/c20-11-2-4-16-9(5-11)6-17(27-16)15-8-13(18(25)26)12-7-10(19(21,22)23)1-3-14(12)24-15/h1-8H,(H,25,26). The van der Waals surface area contributed by atoms with E-state index in [0.717, 1.165) is 28.1 Å². The number of carboxylic acid groups (broad SMARTS) is 1. The maximum Gasteiger partial charge on any atom is 0.416 e. The molecule has 8 heteroatoms. The minimum atomic E-state index is -4.57. The molecule has 27 heavy (non-hydrogen) atoms. The van der Waals surface area contributed by atoms with Gasteiger partial charge < -0.3 is 9.52 Å². The zero-order chi connectivity index (χ0) is 19.3. The predicted octanol–water partition coefficient (Wildman–Crippen LogP) is 6.13. The van der Waals surface area contributed by atoms with E-state index in [2.05, 4.69) is 20.9 Å². The number of fused-ring (bicyclic) bond motifs is 2. The molecule has 0 unspecified atom stereocenters. The fourth-order valence-corrected chi connectivity index (χ4v) is 3.22. The first-order valence-electron chi connectivity index (χ1n) is 7.67. The fraction of sp³-hybridized carbons (Fsp3) is 0.0526. The van der Waals surface area contributed by atoms with Gasteiger partial charge in [-0.1, -0.05) is 15.9 Å². The molecule has 0 saturated carbocycles. The zero-order valence-electron chi connectivity index (χ0n) is 13.3. The molecule has 136 valence electrons. The highest BCUT2D eigenvalue weighted by molar-refractivity contribution is 9.10. The molecule has 2 aromatic carbocycles. The van der Waals surface area contributed by atoms with Crippen molar-refractivity contribution < 1.29 is 27.5 Å². The van der Waals surface area contributed by atoms with Crippen LogP contribution in [-0.4, -0.2) is 16.1 Å². The maximum atomic E-state index is 13.0. The fourth-order valence-electron chi connectivity index (χ4n) is 2.85. The van der Waals surface area contributed by atoms with Crippen molar-refractivity contribution in [2.45, 2.75) is 6.18 Å². The van der Waals surface area contributed by atoms with Gasteiger partial charge in [-0.2, -0.15) is 13.2 Å². The molecule has 0 spiro atoms. The smallest absolute Gasteiger partial charge is 0.416 e. The minimum absolute atomic E-state index is 0.0834. The van der Waals surface area contributed by atoms with Crippen LogP contribution in [0.2, 0.25) is 0 Å². The molecule has 4 aromatic rings. The lowest BCUT2D eigenvalue weighted by Gasteiger charge is -2.10. The van der Waals surface area contributed by atoms with Gasteiger partial charge in [0, 0.05) is 15.2 Å². The highest BCUT2D eigenvalue weighted by Gasteiger charge is 2.31. The molecule has 0 saturated heterocycles. The molecule has 2 aromatic heterocycles. The summed E-state index contributed by atoms with van der Waals surface area (Å²) < 4.78 is 45.4. The molecule has 0 amide bonds. The third kappa shape index (κ3) is 3.16. The van der Waals surface area contributed by atoms with E-state index >= 15 is 0 Å². The topological polar surface area (TPSA) is 63.3 Å². The molecular formula is C19H9BrF3NO3. The van der Waals surface area contributed by atoms with Gasteiger partial charge in [-0.05, 0) is 48.5 Å². The summed E-state index contributed by atoms with van der Waals surface area (Å²) in [5.41, 5.74) is -0.255. The van der Waals surface area contributed by atoms with Crippen molar-refractivity contribution in [3.63, 3.8) is 0 Å². The van der Waals surface area contributed by atoms with Crippen LogP contribution in [0.1, 0.15) is 15.9 Å². The Kier molecular flexibility index (Phi) is 3.96. The molecule has 0 aliphatic rings. The molecular weight excluding hydrogens is 427 g/mol. The van der Waals surface area contributed by atoms with Gasteiger partial charge in [0.25, 0.3) is 0 Å². The number of halogens is 4. The Labute approximate surface area is 158 Å². The van der Waals surface area contributed by atoms with Crippen molar-refractivity contribution in [3.8, 4) is 11.5 Å². The van der Waals surface area contributed by atoms with E-state index in [4.69, 9.17) is 4.42 Å². The number of carboxylic acids is 1. The van der Waals surface area contributed by atoms with Crippen molar-refractivity contribution in [2.75, 3.05) is 0 Å². The van der Waals surface area contributed by atoms with Crippen LogP contribution < -0.4 is 0 Å². The average Bonchev–Trinajstić information content (AvgIpc) is 3.02. The largest absolute Gasteiger partial charge is 0.478 e. The molecule has 0 radical (unpaired) electrons. The van der Waals surface area contributed by atoms with Crippen LogP contribution in [0.15, 0.2) is 57.4 Å². The summed E-state index contributed by atoms with van der Waals surface area (Å²) in [7, 11) is 0. The summed E-state index contributed by atoms with van der Waals surface area (Å²) in [5.74, 6) is -1.02. The molecule has 1 N–H and O–H groups in total. The quantitative estimate of drug-likeness (QED) is 0.411. The lowest BCUT2D eigenvalue weighted by atomic mass is 10.0. The first-order valence-corrected chi connectivity index (χ1v) is 8.46. The van der Waals surface area contributed by atoms with Gasteiger partial charge in [-0.15, -0.1) is 0 Å². The molecule has 0 atom stereocenters. The van der Waals surface area contributed by atoms with Gasteiger partial charge in [0.05, 0.1) is 16.6 Å². The second kappa shape index (κ2) is 6.09. The van der Waals surface area contributed by atoms with Gasteiger partial charge in [0.1, 0.15) is 11.3 Å². The van der Waals surface area contributed by atoms with Crippen LogP contribution in [0.4, 0.5) is 13.2 Å². The number of benzene rings is 2. The van der Waals surface area contributed by atoms with E-state index in [0.29, 0.717) is 11.3 Å². The van der Waals surface area contributed by atoms with Crippen molar-refractivity contribution in [1.29, 1.82) is 0 Å². The third-order valence-corrected chi connectivity index (χ3v) is 4.59. The van der Waals surface area contributed by atoms with Gasteiger partial charge in [-0.3, -0.25) is 0 Å². The lowest BCUT2D eigenvalue weighted by Crippen LogP contribution is -2.06. The van der Waals surface area contributed by atoms with Crippen molar-refractivity contribution >= 4 is 43.8 Å². The van der Waals surface area contributed by atoms with E-state index in [9.17, 15) is 23.1 Å². The van der Waals surface area contributed by atoms with Gasteiger partial charge in [0.15, 0.2) is 5.76 Å². The summed E-state index contributed by atoms with van der Waals surface area (Å²) in [6.07, 6.45) is -4.57. The zero-order valence-corrected chi connectivity index (χ0v) is 14.9. The average molecular weight is 436 g/mol. The Morgan fingerprint density at radius 3 is 2.56 bits per heavy atom. The SMILES string of the molecule is O=C(O)c1cc(-c2cc3cc(Br)ccc3o2)nc2ccc(C(F)(F)F)cc12. The molecule has 4 nitrogen and oxygen atoms in total. The number of pyridine rings is 1. The van der Waals surface area contributed by atoms with Crippen LogP contribution in [0.3, 0.4) is 0 Å². The Morgan fingerprint density at radius 2 is 1.85 bits per heavy atom. The van der Waals surface area contributed by atoms with E-state index in [1.807, 2.05) is 6.07 Å². The predicted molar refractivity (Wildman–Crippen MR) is 96.6 cm³/mol. The number of rotatable bonds is 2. The Bertz CT molecular complexity index is 1210. The highest BCUT2D eigenvalue weighted by atomic mass is 79.9. The van der Waals surface area contributed by atoms with Gasteiger partial charge in [0.2, 0.25) is 0 Å². The highest BCUT2D eigenvalue weighted by Crippen LogP contribution is 2.34. The third-order valence-electron chi connectivity index (χ3n) is 4.10. The molecule has 0 aliphatic heterocycles. The number of aromatic carboxylic acids is 1. The number of aromatic nitrogens is 1. The van der Waals surface area contributed by atoms with Crippen LogP contribution in [0.25, 0.3) is 33.3 Å². The molecule has 4 rings (SSSR count). The first-order chi connectivity index (χ1) is 12.7. The van der Waals surface area contributed by atoms with Crippen molar-refractivity contribution in [3.05, 3.63) is 64.1 Å². The summed E-state index contributed by atoms with van der Waals surface area (Å²) >= 11 is 3.36. The van der Waals surface area contributed by atoms with Gasteiger partial charge in [-0.25, -0.2) is 9.78 Å². The van der Waals surface area contributed by atoms with E-state index < -0.39 is 17.7 Å². The number of carbonyl (C=O) groups is 1. The summed E-state index contributed by atoms with van der Waals surface area (Å²) in [6, 6.07) is 11.1. The lowest BCUT2D eigenvalue weighted by molar-refractivity contribution is -0.137. The second-order valence-electron chi connectivity index (χ2n) is 5.88. The Morgan fingerprint density at radius 1 is 1.07 bits per heavy atom. The van der Waals surface area contributed by atoms with Crippen molar-refractivity contribution in [2.24, 2.45) is 0 Å². The number of nitrogens with zero attached hydrogens (tertiary/aromatic N) is 1. The van der Waals surface area contributed by atoms with Crippen LogP contribution >= 0.6 is 15.9 Å². The Balaban J connectivity index is 1.94.